The molecule has 0 aromatic heterocycles. The fourth-order valence-electron chi connectivity index (χ4n) is 2.45. The summed E-state index contributed by atoms with van der Waals surface area (Å²) in [7, 11) is 0. The third kappa shape index (κ3) is 2.83. The van der Waals surface area contributed by atoms with Crippen LogP contribution in [0.25, 0.3) is 5.57 Å². The van der Waals surface area contributed by atoms with Gasteiger partial charge < -0.3 is 10.6 Å². The molecule has 2 aromatic carbocycles. The fraction of sp³-hybridized carbons (Fsp3) is 0.0556. The molecule has 0 bridgehead atoms. The maximum Gasteiger partial charge on any atom is 0.263 e. The minimum absolute atomic E-state index is 0.119. The van der Waals surface area contributed by atoms with Crippen LogP contribution in [-0.4, -0.2) is 11.8 Å². The zero-order valence-corrected chi connectivity index (χ0v) is 12.2. The van der Waals surface area contributed by atoms with E-state index in [9.17, 15) is 14.9 Å². The Kier molecular flexibility index (Phi) is 3.89. The van der Waals surface area contributed by atoms with Crippen LogP contribution in [0.1, 0.15) is 11.1 Å². The van der Waals surface area contributed by atoms with Crippen LogP contribution in [0.15, 0.2) is 60.2 Å². The van der Waals surface area contributed by atoms with Gasteiger partial charge in [0.15, 0.2) is 0 Å². The number of fused-ring (bicyclic) bond motifs is 1. The van der Waals surface area contributed by atoms with Gasteiger partial charge in [-0.15, -0.1) is 0 Å². The molecule has 23 heavy (non-hydrogen) atoms. The van der Waals surface area contributed by atoms with E-state index in [0.717, 1.165) is 5.56 Å². The lowest BCUT2D eigenvalue weighted by atomic mass is 10.0. The van der Waals surface area contributed by atoms with Gasteiger partial charge in [-0.05, 0) is 11.6 Å². The number of para-hydroxylation sites is 1. The van der Waals surface area contributed by atoms with E-state index in [4.69, 9.17) is 0 Å². The second-order valence-electron chi connectivity index (χ2n) is 5.03. The number of nitrogens with zero attached hydrogens (tertiary/aromatic N) is 1. The van der Waals surface area contributed by atoms with Crippen molar-refractivity contribution in [2.24, 2.45) is 0 Å². The SMILES string of the molecule is N#C/C(C(=O)NCc1ccccc1)=C1\C(=O)Nc2ccccc21. The van der Waals surface area contributed by atoms with Crippen molar-refractivity contribution in [3.63, 3.8) is 0 Å². The zero-order valence-electron chi connectivity index (χ0n) is 12.2. The quantitative estimate of drug-likeness (QED) is 0.674. The van der Waals surface area contributed by atoms with Crippen molar-refractivity contribution in [1.29, 1.82) is 5.26 Å². The van der Waals surface area contributed by atoms with Gasteiger partial charge in [-0.2, -0.15) is 5.26 Å². The van der Waals surface area contributed by atoms with Crippen LogP contribution in [-0.2, 0) is 16.1 Å². The lowest BCUT2D eigenvalue weighted by molar-refractivity contribution is -0.117. The monoisotopic (exact) mass is 303 g/mol. The molecule has 0 saturated carbocycles. The molecule has 0 radical (unpaired) electrons. The van der Waals surface area contributed by atoms with E-state index in [-0.39, 0.29) is 11.1 Å². The standard InChI is InChI=1S/C18H13N3O2/c19-10-14(17(22)20-11-12-6-2-1-3-7-12)16-13-8-4-5-9-15(13)21-18(16)23/h1-9H,11H2,(H,20,22)(H,21,23)/b16-14+. The smallest absolute Gasteiger partial charge is 0.263 e. The number of nitrogens with one attached hydrogen (secondary N) is 2. The van der Waals surface area contributed by atoms with Crippen molar-refractivity contribution in [3.05, 3.63) is 71.3 Å². The molecule has 1 heterocycles. The first-order valence-electron chi connectivity index (χ1n) is 7.08. The lowest BCUT2D eigenvalue weighted by Crippen LogP contribution is -2.25. The summed E-state index contributed by atoms with van der Waals surface area (Å²) in [5.74, 6) is -0.990. The highest BCUT2D eigenvalue weighted by atomic mass is 16.2. The highest BCUT2D eigenvalue weighted by Gasteiger charge is 2.29. The van der Waals surface area contributed by atoms with Crippen molar-refractivity contribution in [2.45, 2.75) is 6.54 Å². The van der Waals surface area contributed by atoms with E-state index in [1.54, 1.807) is 24.3 Å². The maximum atomic E-state index is 12.3. The number of benzene rings is 2. The molecule has 2 N–H and O–H groups in total. The van der Waals surface area contributed by atoms with Gasteiger partial charge in [0, 0.05) is 17.8 Å². The molecule has 0 spiro atoms. The Bertz CT molecular complexity index is 848. The van der Waals surface area contributed by atoms with Gasteiger partial charge in [-0.1, -0.05) is 48.5 Å². The third-order valence-electron chi connectivity index (χ3n) is 3.56. The highest BCUT2D eigenvalue weighted by molar-refractivity contribution is 6.36. The molecule has 3 rings (SSSR count). The van der Waals surface area contributed by atoms with Crippen LogP contribution >= 0.6 is 0 Å². The molecule has 0 aliphatic carbocycles. The number of hydrogen-bond donors (Lipinski definition) is 2. The van der Waals surface area contributed by atoms with Crippen molar-refractivity contribution < 1.29 is 9.59 Å². The van der Waals surface area contributed by atoms with Crippen molar-refractivity contribution in [1.82, 2.24) is 5.32 Å². The third-order valence-corrected chi connectivity index (χ3v) is 3.56. The predicted molar refractivity (Wildman–Crippen MR) is 85.9 cm³/mol. The average Bonchev–Trinajstić information content (AvgIpc) is 2.91. The van der Waals surface area contributed by atoms with Gasteiger partial charge in [-0.3, -0.25) is 9.59 Å². The largest absolute Gasteiger partial charge is 0.347 e. The summed E-state index contributed by atoms with van der Waals surface area (Å²) in [4.78, 5) is 24.4. The average molecular weight is 303 g/mol. The molecule has 2 amide bonds. The number of rotatable bonds is 3. The van der Waals surface area contributed by atoms with E-state index < -0.39 is 11.8 Å². The van der Waals surface area contributed by atoms with Crippen molar-refractivity contribution in [2.75, 3.05) is 5.32 Å². The molecule has 0 unspecified atom stereocenters. The summed E-state index contributed by atoms with van der Waals surface area (Å²) in [6, 6.07) is 18.2. The second kappa shape index (κ2) is 6.16. The zero-order chi connectivity index (χ0) is 16.2. The summed E-state index contributed by atoms with van der Waals surface area (Å²) < 4.78 is 0. The number of carbonyl (C=O) groups is 2. The first kappa shape index (κ1) is 14.5. The van der Waals surface area contributed by atoms with Crippen LogP contribution < -0.4 is 10.6 Å². The molecule has 5 heteroatoms. The van der Waals surface area contributed by atoms with Crippen LogP contribution in [0.5, 0.6) is 0 Å². The molecule has 0 fully saturated rings. The Morgan fingerprint density at radius 2 is 1.78 bits per heavy atom. The van der Waals surface area contributed by atoms with Crippen molar-refractivity contribution >= 4 is 23.1 Å². The molecule has 112 valence electrons. The number of carbonyl (C=O) groups excluding carboxylic acids is 2. The Morgan fingerprint density at radius 3 is 2.52 bits per heavy atom. The van der Waals surface area contributed by atoms with Crippen LogP contribution in [0, 0.1) is 11.3 Å². The summed E-state index contributed by atoms with van der Waals surface area (Å²) in [6.45, 7) is 0.293. The summed E-state index contributed by atoms with van der Waals surface area (Å²) in [5, 5.41) is 14.7. The van der Waals surface area contributed by atoms with E-state index in [1.165, 1.54) is 0 Å². The molecule has 5 nitrogen and oxygen atoms in total. The molecular weight excluding hydrogens is 290 g/mol. The second-order valence-corrected chi connectivity index (χ2v) is 5.03. The van der Waals surface area contributed by atoms with Gasteiger partial charge in [0.1, 0.15) is 11.6 Å². The highest BCUT2D eigenvalue weighted by Crippen LogP contribution is 2.33. The topological polar surface area (TPSA) is 82.0 Å². The Balaban J connectivity index is 1.89. The summed E-state index contributed by atoms with van der Waals surface area (Å²) >= 11 is 0. The molecule has 1 aliphatic heterocycles. The number of amides is 2. The van der Waals surface area contributed by atoms with E-state index in [2.05, 4.69) is 10.6 Å². The Hall–Kier alpha value is -3.39. The number of anilines is 1. The predicted octanol–water partition coefficient (Wildman–Crippen LogP) is 2.23. The number of nitriles is 1. The Labute approximate surface area is 133 Å². The Morgan fingerprint density at radius 1 is 1.09 bits per heavy atom. The molecular formula is C18H13N3O2. The van der Waals surface area contributed by atoms with Gasteiger partial charge in [0.25, 0.3) is 11.8 Å². The van der Waals surface area contributed by atoms with Crippen LogP contribution in [0.2, 0.25) is 0 Å². The fourth-order valence-corrected chi connectivity index (χ4v) is 2.45. The van der Waals surface area contributed by atoms with Gasteiger partial charge >= 0.3 is 0 Å². The summed E-state index contributed by atoms with van der Waals surface area (Å²) in [6.07, 6.45) is 0. The van der Waals surface area contributed by atoms with Crippen molar-refractivity contribution in [3.8, 4) is 6.07 Å². The minimum Gasteiger partial charge on any atom is -0.347 e. The van der Waals surface area contributed by atoms with E-state index in [1.807, 2.05) is 36.4 Å². The lowest BCUT2D eigenvalue weighted by Gasteiger charge is -2.06. The van der Waals surface area contributed by atoms with Gasteiger partial charge in [-0.25, -0.2) is 0 Å². The van der Waals surface area contributed by atoms with Crippen LogP contribution in [0.3, 0.4) is 0 Å². The normalized spacial score (nSPS) is 14.5. The molecule has 1 aliphatic rings. The van der Waals surface area contributed by atoms with Gasteiger partial charge in [0.2, 0.25) is 0 Å². The first-order chi connectivity index (χ1) is 11.2. The van der Waals surface area contributed by atoms with Gasteiger partial charge in [0.05, 0.1) is 5.57 Å². The summed E-state index contributed by atoms with van der Waals surface area (Å²) in [5.41, 5.74) is 2.04. The molecule has 0 atom stereocenters. The first-order valence-corrected chi connectivity index (χ1v) is 7.08. The van der Waals surface area contributed by atoms with E-state index >= 15 is 0 Å². The maximum absolute atomic E-state index is 12.3. The van der Waals surface area contributed by atoms with Crippen LogP contribution in [0.4, 0.5) is 5.69 Å². The molecule has 0 saturated heterocycles. The minimum atomic E-state index is -0.557. The number of hydrogen-bond acceptors (Lipinski definition) is 3. The molecule has 2 aromatic rings. The van der Waals surface area contributed by atoms with E-state index in [0.29, 0.717) is 17.8 Å².